The Morgan fingerprint density at radius 2 is 1.91 bits per heavy atom. The van der Waals surface area contributed by atoms with Gasteiger partial charge in [0.05, 0.1) is 12.6 Å². The zero-order valence-electron chi connectivity index (χ0n) is 12.0. The molecule has 2 aromatic carbocycles. The number of hydrogen-bond donors (Lipinski definition) is 1. The van der Waals surface area contributed by atoms with E-state index in [1.807, 2.05) is 48.5 Å². The van der Waals surface area contributed by atoms with Crippen LogP contribution in [0.15, 0.2) is 53.6 Å². The SMILES string of the molecule is O=C(Cc1ccccc1)N/N=C\c1cccc2c1OCCO2. The van der Waals surface area contributed by atoms with Crippen LogP contribution in [0.4, 0.5) is 0 Å². The molecule has 0 aliphatic carbocycles. The second-order valence-corrected chi connectivity index (χ2v) is 4.83. The van der Waals surface area contributed by atoms with Gasteiger partial charge in [0.1, 0.15) is 13.2 Å². The number of nitrogens with one attached hydrogen (secondary N) is 1. The van der Waals surface area contributed by atoms with Gasteiger partial charge >= 0.3 is 0 Å². The van der Waals surface area contributed by atoms with Crippen molar-refractivity contribution in [1.82, 2.24) is 5.43 Å². The van der Waals surface area contributed by atoms with Crippen molar-refractivity contribution in [1.29, 1.82) is 0 Å². The van der Waals surface area contributed by atoms with Gasteiger partial charge in [-0.05, 0) is 17.7 Å². The summed E-state index contributed by atoms with van der Waals surface area (Å²) in [4.78, 5) is 11.8. The fraction of sp³-hybridized carbons (Fsp3) is 0.176. The molecule has 0 bridgehead atoms. The van der Waals surface area contributed by atoms with Gasteiger partial charge in [-0.15, -0.1) is 0 Å². The first-order valence-corrected chi connectivity index (χ1v) is 7.07. The van der Waals surface area contributed by atoms with E-state index >= 15 is 0 Å². The summed E-state index contributed by atoms with van der Waals surface area (Å²) in [5.74, 6) is 1.20. The molecular formula is C17H16N2O3. The normalized spacial score (nSPS) is 13.1. The van der Waals surface area contributed by atoms with Crippen LogP contribution in [-0.2, 0) is 11.2 Å². The Labute approximate surface area is 128 Å². The molecule has 3 rings (SSSR count). The molecule has 0 fully saturated rings. The highest BCUT2D eigenvalue weighted by Crippen LogP contribution is 2.32. The monoisotopic (exact) mass is 296 g/mol. The maximum absolute atomic E-state index is 11.8. The number of benzene rings is 2. The van der Waals surface area contributed by atoms with Crippen molar-refractivity contribution in [3.05, 3.63) is 59.7 Å². The molecule has 1 amide bonds. The topological polar surface area (TPSA) is 59.9 Å². The first-order chi connectivity index (χ1) is 10.8. The third kappa shape index (κ3) is 3.44. The predicted molar refractivity (Wildman–Crippen MR) is 83.3 cm³/mol. The van der Waals surface area contributed by atoms with Gasteiger partial charge in [-0.25, -0.2) is 5.43 Å². The van der Waals surface area contributed by atoms with Crippen LogP contribution < -0.4 is 14.9 Å². The minimum Gasteiger partial charge on any atom is -0.486 e. The molecule has 0 aromatic heterocycles. The maximum atomic E-state index is 11.8. The van der Waals surface area contributed by atoms with E-state index in [0.29, 0.717) is 31.1 Å². The zero-order chi connectivity index (χ0) is 15.2. The number of nitrogens with zero attached hydrogens (tertiary/aromatic N) is 1. The molecular weight excluding hydrogens is 280 g/mol. The van der Waals surface area contributed by atoms with Crippen molar-refractivity contribution in [2.24, 2.45) is 5.10 Å². The summed E-state index contributed by atoms with van der Waals surface area (Å²) in [6, 6.07) is 15.1. The second kappa shape index (κ2) is 6.76. The average molecular weight is 296 g/mol. The molecule has 0 unspecified atom stereocenters. The number of hydrogen-bond acceptors (Lipinski definition) is 4. The summed E-state index contributed by atoms with van der Waals surface area (Å²) in [7, 11) is 0. The number of carbonyl (C=O) groups excluding carboxylic acids is 1. The quantitative estimate of drug-likeness (QED) is 0.694. The van der Waals surface area contributed by atoms with Gasteiger partial charge in [0.2, 0.25) is 5.91 Å². The molecule has 1 N–H and O–H groups in total. The second-order valence-electron chi connectivity index (χ2n) is 4.83. The number of para-hydroxylation sites is 1. The average Bonchev–Trinajstić information content (AvgIpc) is 2.56. The largest absolute Gasteiger partial charge is 0.486 e. The minimum absolute atomic E-state index is 0.163. The van der Waals surface area contributed by atoms with E-state index in [4.69, 9.17) is 9.47 Å². The highest BCUT2D eigenvalue weighted by molar-refractivity contribution is 5.87. The Hall–Kier alpha value is -2.82. The predicted octanol–water partition coefficient (Wildman–Crippen LogP) is 2.15. The Balaban J connectivity index is 1.62. The highest BCUT2D eigenvalue weighted by Gasteiger charge is 2.14. The van der Waals surface area contributed by atoms with E-state index in [9.17, 15) is 4.79 Å². The van der Waals surface area contributed by atoms with Crippen LogP contribution in [0, 0.1) is 0 Å². The van der Waals surface area contributed by atoms with Crippen LogP contribution >= 0.6 is 0 Å². The van der Waals surface area contributed by atoms with E-state index in [1.165, 1.54) is 0 Å². The van der Waals surface area contributed by atoms with Gasteiger partial charge < -0.3 is 9.47 Å². The number of rotatable bonds is 4. The van der Waals surface area contributed by atoms with E-state index in [-0.39, 0.29) is 5.91 Å². The van der Waals surface area contributed by atoms with Crippen molar-refractivity contribution >= 4 is 12.1 Å². The standard InChI is InChI=1S/C17H16N2O3/c20-16(11-13-5-2-1-3-6-13)19-18-12-14-7-4-8-15-17(14)22-10-9-21-15/h1-8,12H,9-11H2,(H,19,20)/b18-12-. The number of hydrazone groups is 1. The number of amides is 1. The van der Waals surface area contributed by atoms with Crippen LogP contribution in [-0.4, -0.2) is 25.3 Å². The summed E-state index contributed by atoms with van der Waals surface area (Å²) < 4.78 is 11.1. The summed E-state index contributed by atoms with van der Waals surface area (Å²) in [5, 5.41) is 3.99. The molecule has 0 atom stereocenters. The van der Waals surface area contributed by atoms with Crippen molar-refractivity contribution in [3.8, 4) is 11.5 Å². The summed E-state index contributed by atoms with van der Waals surface area (Å²) >= 11 is 0. The molecule has 5 heteroatoms. The molecule has 0 radical (unpaired) electrons. The summed E-state index contributed by atoms with van der Waals surface area (Å²) in [6.45, 7) is 1.06. The van der Waals surface area contributed by atoms with Crippen molar-refractivity contribution in [3.63, 3.8) is 0 Å². The van der Waals surface area contributed by atoms with Crippen LogP contribution in [0.25, 0.3) is 0 Å². The molecule has 0 saturated carbocycles. The zero-order valence-corrected chi connectivity index (χ0v) is 12.0. The van der Waals surface area contributed by atoms with Crippen LogP contribution in [0.2, 0.25) is 0 Å². The van der Waals surface area contributed by atoms with E-state index in [0.717, 1.165) is 11.1 Å². The highest BCUT2D eigenvalue weighted by atomic mass is 16.6. The minimum atomic E-state index is -0.163. The lowest BCUT2D eigenvalue weighted by atomic mass is 10.1. The van der Waals surface area contributed by atoms with E-state index in [1.54, 1.807) is 6.21 Å². The van der Waals surface area contributed by atoms with Crippen LogP contribution in [0.3, 0.4) is 0 Å². The molecule has 1 aliphatic rings. The Bertz CT molecular complexity index is 684. The van der Waals surface area contributed by atoms with Crippen LogP contribution in [0.5, 0.6) is 11.5 Å². The van der Waals surface area contributed by atoms with Crippen molar-refractivity contribution < 1.29 is 14.3 Å². The van der Waals surface area contributed by atoms with Gasteiger partial charge in [0, 0.05) is 5.56 Å². The number of carbonyl (C=O) groups is 1. The Kier molecular flexibility index (Phi) is 4.34. The lowest BCUT2D eigenvalue weighted by molar-refractivity contribution is -0.120. The van der Waals surface area contributed by atoms with Gasteiger partial charge in [-0.3, -0.25) is 4.79 Å². The third-order valence-corrected chi connectivity index (χ3v) is 3.20. The molecule has 0 spiro atoms. The van der Waals surface area contributed by atoms with Gasteiger partial charge in [-0.2, -0.15) is 5.10 Å². The summed E-state index contributed by atoms with van der Waals surface area (Å²) in [5.41, 5.74) is 4.24. The molecule has 2 aromatic rings. The smallest absolute Gasteiger partial charge is 0.244 e. The molecule has 1 heterocycles. The van der Waals surface area contributed by atoms with Crippen molar-refractivity contribution in [2.75, 3.05) is 13.2 Å². The molecule has 22 heavy (non-hydrogen) atoms. The molecule has 112 valence electrons. The van der Waals surface area contributed by atoms with Gasteiger partial charge in [-0.1, -0.05) is 36.4 Å². The fourth-order valence-corrected chi connectivity index (χ4v) is 2.19. The van der Waals surface area contributed by atoms with E-state index < -0.39 is 0 Å². The van der Waals surface area contributed by atoms with E-state index in [2.05, 4.69) is 10.5 Å². The number of fused-ring (bicyclic) bond motifs is 1. The first kappa shape index (κ1) is 14.1. The lowest BCUT2D eigenvalue weighted by Crippen LogP contribution is -2.20. The first-order valence-electron chi connectivity index (χ1n) is 7.07. The summed E-state index contributed by atoms with van der Waals surface area (Å²) in [6.07, 6.45) is 1.86. The lowest BCUT2D eigenvalue weighted by Gasteiger charge is -2.19. The molecule has 0 saturated heterocycles. The maximum Gasteiger partial charge on any atom is 0.244 e. The molecule has 1 aliphatic heterocycles. The van der Waals surface area contributed by atoms with Crippen molar-refractivity contribution in [2.45, 2.75) is 6.42 Å². The van der Waals surface area contributed by atoms with Gasteiger partial charge in [0.25, 0.3) is 0 Å². The van der Waals surface area contributed by atoms with Crippen LogP contribution in [0.1, 0.15) is 11.1 Å². The molecule has 5 nitrogen and oxygen atoms in total. The van der Waals surface area contributed by atoms with Gasteiger partial charge in [0.15, 0.2) is 11.5 Å². The number of ether oxygens (including phenoxy) is 2. The fourth-order valence-electron chi connectivity index (χ4n) is 2.19. The third-order valence-electron chi connectivity index (χ3n) is 3.20. The Morgan fingerprint density at radius 1 is 1.09 bits per heavy atom. The Morgan fingerprint density at radius 3 is 2.77 bits per heavy atom.